The van der Waals surface area contributed by atoms with Crippen LogP contribution in [0.1, 0.15) is 5.56 Å². The standard InChI is InChI=1S/C14H20O5S/c15-8-10-11(16)12(17)13(18)14(19-10)20-7-6-9-4-2-1-3-5-9/h1-5,10-18H,6-8H2/t10-,11-,12+,13-,14+/m0/s1. The second-order valence-corrected chi connectivity index (χ2v) is 6.01. The van der Waals surface area contributed by atoms with Crippen LogP contribution in [0.5, 0.6) is 0 Å². The average Bonchev–Trinajstić information content (AvgIpc) is 2.48. The van der Waals surface area contributed by atoms with Gasteiger partial charge in [0.1, 0.15) is 29.9 Å². The summed E-state index contributed by atoms with van der Waals surface area (Å²) in [5.74, 6) is 0.715. The Balaban J connectivity index is 1.85. The normalized spacial score (nSPS) is 34.1. The van der Waals surface area contributed by atoms with Crippen LogP contribution in [0.15, 0.2) is 30.3 Å². The van der Waals surface area contributed by atoms with E-state index in [9.17, 15) is 15.3 Å². The fourth-order valence-corrected chi connectivity index (χ4v) is 3.31. The van der Waals surface area contributed by atoms with E-state index in [1.807, 2.05) is 30.3 Å². The van der Waals surface area contributed by atoms with Crippen molar-refractivity contribution in [3.05, 3.63) is 35.9 Å². The first-order chi connectivity index (χ1) is 9.63. The summed E-state index contributed by atoms with van der Waals surface area (Å²) in [5.41, 5.74) is 0.541. The van der Waals surface area contributed by atoms with E-state index in [1.165, 1.54) is 17.3 Å². The Kier molecular flexibility index (Phi) is 5.83. The van der Waals surface area contributed by atoms with Crippen molar-refractivity contribution in [2.75, 3.05) is 12.4 Å². The SMILES string of the molecule is OC[C@@H]1O[C@H](SCCc2ccccc2)[C@@H](O)[C@H](O)[C@H]1O. The number of ether oxygens (including phenoxy) is 1. The van der Waals surface area contributed by atoms with E-state index in [1.54, 1.807) is 0 Å². The Labute approximate surface area is 122 Å². The van der Waals surface area contributed by atoms with Crippen molar-refractivity contribution in [3.63, 3.8) is 0 Å². The summed E-state index contributed by atoms with van der Waals surface area (Å²) >= 11 is 1.37. The zero-order chi connectivity index (χ0) is 14.5. The molecule has 1 aliphatic heterocycles. The van der Waals surface area contributed by atoms with Crippen LogP contribution in [-0.2, 0) is 11.2 Å². The number of aliphatic hydroxyl groups is 4. The summed E-state index contributed by atoms with van der Waals surface area (Å²) in [6.07, 6.45) is -3.76. The lowest BCUT2D eigenvalue weighted by Gasteiger charge is -2.39. The first-order valence-corrected chi connectivity index (χ1v) is 7.64. The van der Waals surface area contributed by atoms with Crippen LogP contribution in [0.3, 0.4) is 0 Å². The minimum Gasteiger partial charge on any atom is -0.394 e. The van der Waals surface area contributed by atoms with Gasteiger partial charge in [-0.05, 0) is 17.7 Å². The molecule has 1 saturated heterocycles. The molecule has 0 bridgehead atoms. The zero-order valence-electron chi connectivity index (χ0n) is 11.0. The number of rotatable bonds is 5. The van der Waals surface area contributed by atoms with Gasteiger partial charge in [0.05, 0.1) is 6.61 Å². The van der Waals surface area contributed by atoms with E-state index in [0.717, 1.165) is 6.42 Å². The smallest absolute Gasteiger partial charge is 0.132 e. The minimum atomic E-state index is -1.30. The van der Waals surface area contributed by atoms with Crippen molar-refractivity contribution in [2.24, 2.45) is 0 Å². The quantitative estimate of drug-likeness (QED) is 0.600. The monoisotopic (exact) mass is 300 g/mol. The first kappa shape index (κ1) is 15.8. The van der Waals surface area contributed by atoms with Crippen molar-refractivity contribution >= 4 is 11.8 Å². The Bertz CT molecular complexity index is 400. The zero-order valence-corrected chi connectivity index (χ0v) is 11.8. The molecule has 0 spiro atoms. The van der Waals surface area contributed by atoms with E-state index >= 15 is 0 Å². The lowest BCUT2D eigenvalue weighted by molar-refractivity contribution is -0.205. The van der Waals surface area contributed by atoms with Crippen LogP contribution in [0.2, 0.25) is 0 Å². The largest absolute Gasteiger partial charge is 0.394 e. The third kappa shape index (κ3) is 3.72. The van der Waals surface area contributed by atoms with Crippen LogP contribution in [0.4, 0.5) is 0 Å². The molecule has 1 heterocycles. The predicted molar refractivity (Wildman–Crippen MR) is 76.4 cm³/mol. The van der Waals surface area contributed by atoms with Gasteiger partial charge < -0.3 is 25.2 Å². The number of benzene rings is 1. The number of thioether (sulfide) groups is 1. The number of hydrogen-bond donors (Lipinski definition) is 4. The summed E-state index contributed by atoms with van der Waals surface area (Å²) in [7, 11) is 0. The summed E-state index contributed by atoms with van der Waals surface area (Å²) in [6.45, 7) is -0.388. The Hall–Kier alpha value is -0.630. The van der Waals surface area contributed by atoms with Crippen LogP contribution in [0, 0.1) is 0 Å². The Morgan fingerprint density at radius 1 is 1.00 bits per heavy atom. The average molecular weight is 300 g/mol. The van der Waals surface area contributed by atoms with E-state index < -0.39 is 29.9 Å². The maximum absolute atomic E-state index is 9.88. The topological polar surface area (TPSA) is 90.2 Å². The molecular weight excluding hydrogens is 280 g/mol. The first-order valence-electron chi connectivity index (χ1n) is 6.59. The van der Waals surface area contributed by atoms with Crippen molar-refractivity contribution in [3.8, 4) is 0 Å². The molecule has 5 nitrogen and oxygen atoms in total. The van der Waals surface area contributed by atoms with E-state index in [-0.39, 0.29) is 6.61 Å². The van der Waals surface area contributed by atoms with Gasteiger partial charge in [-0.15, -0.1) is 11.8 Å². The lowest BCUT2D eigenvalue weighted by atomic mass is 10.0. The van der Waals surface area contributed by atoms with Crippen molar-refractivity contribution in [1.82, 2.24) is 0 Å². The van der Waals surface area contributed by atoms with Gasteiger partial charge in [0.25, 0.3) is 0 Å². The van der Waals surface area contributed by atoms with Gasteiger partial charge in [-0.25, -0.2) is 0 Å². The molecular formula is C14H20O5S. The molecule has 0 amide bonds. The fourth-order valence-electron chi connectivity index (χ4n) is 2.14. The minimum absolute atomic E-state index is 0.388. The molecule has 4 N–H and O–H groups in total. The van der Waals surface area contributed by atoms with Crippen molar-refractivity contribution in [1.29, 1.82) is 0 Å². The molecule has 1 aliphatic rings. The molecule has 1 aromatic rings. The summed E-state index contributed by atoms with van der Waals surface area (Å²) in [5, 5.41) is 38.3. The van der Waals surface area contributed by atoms with Gasteiger partial charge in [-0.3, -0.25) is 0 Å². The van der Waals surface area contributed by atoms with Crippen molar-refractivity contribution in [2.45, 2.75) is 36.3 Å². The van der Waals surface area contributed by atoms with Crippen LogP contribution >= 0.6 is 11.8 Å². The highest BCUT2D eigenvalue weighted by Gasteiger charge is 2.43. The Morgan fingerprint density at radius 2 is 1.70 bits per heavy atom. The van der Waals surface area contributed by atoms with Crippen LogP contribution < -0.4 is 0 Å². The number of aliphatic hydroxyl groups excluding tert-OH is 4. The third-order valence-electron chi connectivity index (χ3n) is 3.36. The second kappa shape index (κ2) is 7.40. The summed E-state index contributed by atoms with van der Waals surface area (Å²) in [6, 6.07) is 9.93. The maximum atomic E-state index is 9.88. The number of hydrogen-bond acceptors (Lipinski definition) is 6. The van der Waals surface area contributed by atoms with Gasteiger partial charge in [-0.2, -0.15) is 0 Å². The molecule has 20 heavy (non-hydrogen) atoms. The molecule has 0 aromatic heterocycles. The molecule has 1 fully saturated rings. The van der Waals surface area contributed by atoms with Crippen molar-refractivity contribution < 1.29 is 25.2 Å². The van der Waals surface area contributed by atoms with Gasteiger partial charge in [0, 0.05) is 0 Å². The van der Waals surface area contributed by atoms with E-state index in [0.29, 0.717) is 5.75 Å². The van der Waals surface area contributed by atoms with E-state index in [2.05, 4.69) is 0 Å². The maximum Gasteiger partial charge on any atom is 0.132 e. The highest BCUT2D eigenvalue weighted by atomic mass is 32.2. The van der Waals surface area contributed by atoms with Gasteiger partial charge in [0.2, 0.25) is 0 Å². The molecule has 0 unspecified atom stereocenters. The molecule has 1 aromatic carbocycles. The molecule has 5 atom stereocenters. The summed E-state index contributed by atoms with van der Waals surface area (Å²) in [4.78, 5) is 0. The second-order valence-electron chi connectivity index (χ2n) is 4.80. The molecule has 0 saturated carbocycles. The van der Waals surface area contributed by atoms with Gasteiger partial charge >= 0.3 is 0 Å². The molecule has 6 heteroatoms. The molecule has 0 aliphatic carbocycles. The molecule has 0 radical (unpaired) electrons. The third-order valence-corrected chi connectivity index (χ3v) is 4.52. The van der Waals surface area contributed by atoms with Crippen LogP contribution in [-0.4, -0.2) is 62.6 Å². The van der Waals surface area contributed by atoms with Gasteiger partial charge in [0.15, 0.2) is 0 Å². The van der Waals surface area contributed by atoms with Crippen LogP contribution in [0.25, 0.3) is 0 Å². The fraction of sp³-hybridized carbons (Fsp3) is 0.571. The van der Waals surface area contributed by atoms with E-state index in [4.69, 9.17) is 9.84 Å². The lowest BCUT2D eigenvalue weighted by Crippen LogP contribution is -2.57. The molecule has 112 valence electrons. The van der Waals surface area contributed by atoms with Gasteiger partial charge in [-0.1, -0.05) is 30.3 Å². The Morgan fingerprint density at radius 3 is 2.35 bits per heavy atom. The summed E-state index contributed by atoms with van der Waals surface area (Å²) < 4.78 is 5.42. The number of aryl methyl sites for hydroxylation is 1. The molecule has 2 rings (SSSR count). The highest BCUT2D eigenvalue weighted by molar-refractivity contribution is 7.99. The highest BCUT2D eigenvalue weighted by Crippen LogP contribution is 2.28. The predicted octanol–water partition coefficient (Wildman–Crippen LogP) is -0.238.